The van der Waals surface area contributed by atoms with Gasteiger partial charge in [-0.2, -0.15) is 0 Å². The van der Waals surface area contributed by atoms with E-state index in [0.29, 0.717) is 11.5 Å². The smallest absolute Gasteiger partial charge is 0.225 e. The number of halogens is 1. The molecule has 4 nitrogen and oxygen atoms in total. The summed E-state index contributed by atoms with van der Waals surface area (Å²) in [5.74, 6) is 1.34. The molecule has 24 heavy (non-hydrogen) atoms. The Kier molecular flexibility index (Phi) is 6.67. The van der Waals surface area contributed by atoms with Gasteiger partial charge in [-0.05, 0) is 42.3 Å². The number of hydrogen-bond donors (Lipinski definition) is 1. The molecule has 0 radical (unpaired) electrons. The lowest BCUT2D eigenvalue weighted by molar-refractivity contribution is -0.121. The molecule has 0 saturated heterocycles. The second-order valence-electron chi connectivity index (χ2n) is 5.43. The van der Waals surface area contributed by atoms with E-state index in [0.717, 1.165) is 22.0 Å². The summed E-state index contributed by atoms with van der Waals surface area (Å²) >= 11 is 3.43. The minimum atomic E-state index is -0.0451. The highest BCUT2D eigenvalue weighted by Gasteiger charge is 2.15. The maximum atomic E-state index is 12.5. The lowest BCUT2D eigenvalue weighted by Crippen LogP contribution is -2.29. The molecule has 2 aromatic carbocycles. The predicted molar refractivity (Wildman–Crippen MR) is 98.6 cm³/mol. The summed E-state index contributed by atoms with van der Waals surface area (Å²) in [5.41, 5.74) is 1.90. The molecule has 1 atom stereocenters. The minimum Gasteiger partial charge on any atom is -0.497 e. The zero-order chi connectivity index (χ0) is 17.5. The standard InChI is InChI=1S/C19H22BrNO3/c1-4-17(13-5-7-15(20)8-6-13)21-19(22)12-14-11-16(23-2)9-10-18(14)24-3/h5-11,17H,4,12H2,1-3H3,(H,21,22). The number of methoxy groups -OCH3 is 2. The Morgan fingerprint density at radius 1 is 1.12 bits per heavy atom. The first-order valence-electron chi connectivity index (χ1n) is 7.83. The van der Waals surface area contributed by atoms with Crippen LogP contribution in [0.4, 0.5) is 0 Å². The van der Waals surface area contributed by atoms with Crippen LogP contribution in [0.3, 0.4) is 0 Å². The molecule has 0 saturated carbocycles. The number of benzene rings is 2. The van der Waals surface area contributed by atoms with Gasteiger partial charge in [0.2, 0.25) is 5.91 Å². The number of amides is 1. The molecule has 1 amide bonds. The molecule has 0 aliphatic carbocycles. The van der Waals surface area contributed by atoms with Gasteiger partial charge in [-0.3, -0.25) is 4.79 Å². The normalized spacial score (nSPS) is 11.7. The van der Waals surface area contributed by atoms with Crippen molar-refractivity contribution in [1.82, 2.24) is 5.32 Å². The Balaban J connectivity index is 2.10. The number of nitrogens with one attached hydrogen (secondary N) is 1. The van der Waals surface area contributed by atoms with Crippen molar-refractivity contribution in [2.24, 2.45) is 0 Å². The zero-order valence-electron chi connectivity index (χ0n) is 14.1. The highest BCUT2D eigenvalue weighted by atomic mass is 79.9. The molecular formula is C19H22BrNO3. The summed E-state index contributed by atoms with van der Waals surface area (Å²) in [6.07, 6.45) is 1.07. The molecule has 1 N–H and O–H groups in total. The van der Waals surface area contributed by atoms with Crippen LogP contribution in [0.5, 0.6) is 11.5 Å². The maximum absolute atomic E-state index is 12.5. The number of rotatable bonds is 7. The van der Waals surface area contributed by atoms with Crippen LogP contribution in [0.25, 0.3) is 0 Å². The predicted octanol–water partition coefficient (Wildman–Crippen LogP) is 4.28. The summed E-state index contributed by atoms with van der Waals surface area (Å²) < 4.78 is 11.6. The van der Waals surface area contributed by atoms with Crippen molar-refractivity contribution in [3.05, 3.63) is 58.1 Å². The third-order valence-electron chi connectivity index (χ3n) is 3.85. The summed E-state index contributed by atoms with van der Waals surface area (Å²) in [6, 6.07) is 13.4. The van der Waals surface area contributed by atoms with Gasteiger partial charge in [-0.25, -0.2) is 0 Å². The fourth-order valence-corrected chi connectivity index (χ4v) is 2.82. The number of hydrogen-bond acceptors (Lipinski definition) is 3. The highest BCUT2D eigenvalue weighted by Crippen LogP contribution is 2.25. The third kappa shape index (κ3) is 4.74. The quantitative estimate of drug-likeness (QED) is 0.765. The summed E-state index contributed by atoms with van der Waals surface area (Å²) in [5, 5.41) is 3.09. The van der Waals surface area contributed by atoms with E-state index < -0.39 is 0 Å². The Morgan fingerprint density at radius 3 is 2.42 bits per heavy atom. The van der Waals surface area contributed by atoms with E-state index in [1.165, 1.54) is 0 Å². The van der Waals surface area contributed by atoms with E-state index in [9.17, 15) is 4.79 Å². The average molecular weight is 392 g/mol. The molecular weight excluding hydrogens is 370 g/mol. The lowest BCUT2D eigenvalue weighted by atomic mass is 10.0. The fraction of sp³-hybridized carbons (Fsp3) is 0.316. The number of ether oxygens (including phenoxy) is 2. The minimum absolute atomic E-state index is 0.0118. The van der Waals surface area contributed by atoms with Crippen molar-refractivity contribution in [3.8, 4) is 11.5 Å². The topological polar surface area (TPSA) is 47.6 Å². The molecule has 1 unspecified atom stereocenters. The monoisotopic (exact) mass is 391 g/mol. The van der Waals surface area contributed by atoms with Crippen LogP contribution < -0.4 is 14.8 Å². The SMILES string of the molecule is CCC(NC(=O)Cc1cc(OC)ccc1OC)c1ccc(Br)cc1. The van der Waals surface area contributed by atoms with Gasteiger partial charge in [-0.1, -0.05) is 35.0 Å². The molecule has 0 aliphatic rings. The molecule has 0 heterocycles. The van der Waals surface area contributed by atoms with Crippen molar-refractivity contribution in [1.29, 1.82) is 0 Å². The van der Waals surface area contributed by atoms with Crippen LogP contribution in [0.1, 0.15) is 30.5 Å². The Bertz CT molecular complexity index is 686. The van der Waals surface area contributed by atoms with Crippen molar-refractivity contribution >= 4 is 21.8 Å². The second-order valence-corrected chi connectivity index (χ2v) is 6.35. The van der Waals surface area contributed by atoms with Gasteiger partial charge in [0.1, 0.15) is 11.5 Å². The van der Waals surface area contributed by atoms with Crippen molar-refractivity contribution in [3.63, 3.8) is 0 Å². The van der Waals surface area contributed by atoms with E-state index in [4.69, 9.17) is 9.47 Å². The van der Waals surface area contributed by atoms with E-state index in [2.05, 4.69) is 28.2 Å². The van der Waals surface area contributed by atoms with Gasteiger partial charge in [0.15, 0.2) is 0 Å². The van der Waals surface area contributed by atoms with Gasteiger partial charge in [-0.15, -0.1) is 0 Å². The summed E-state index contributed by atoms with van der Waals surface area (Å²) in [7, 11) is 3.20. The van der Waals surface area contributed by atoms with Crippen LogP contribution in [0.2, 0.25) is 0 Å². The van der Waals surface area contributed by atoms with Gasteiger partial charge >= 0.3 is 0 Å². The third-order valence-corrected chi connectivity index (χ3v) is 4.38. The van der Waals surface area contributed by atoms with Gasteiger partial charge in [0.05, 0.1) is 26.7 Å². The van der Waals surface area contributed by atoms with Crippen LogP contribution in [0.15, 0.2) is 46.9 Å². The van der Waals surface area contributed by atoms with Crippen LogP contribution in [-0.4, -0.2) is 20.1 Å². The molecule has 2 rings (SSSR count). The van der Waals surface area contributed by atoms with Crippen LogP contribution in [-0.2, 0) is 11.2 Å². The molecule has 0 aromatic heterocycles. The van der Waals surface area contributed by atoms with Crippen LogP contribution in [0, 0.1) is 0 Å². The van der Waals surface area contributed by atoms with Crippen LogP contribution >= 0.6 is 15.9 Å². The van der Waals surface area contributed by atoms with E-state index in [1.807, 2.05) is 42.5 Å². The molecule has 0 fully saturated rings. The van der Waals surface area contributed by atoms with Crippen molar-refractivity contribution in [2.45, 2.75) is 25.8 Å². The Hall–Kier alpha value is -2.01. The maximum Gasteiger partial charge on any atom is 0.225 e. The van der Waals surface area contributed by atoms with Crippen molar-refractivity contribution < 1.29 is 14.3 Å². The molecule has 2 aromatic rings. The Morgan fingerprint density at radius 2 is 1.83 bits per heavy atom. The first kappa shape index (κ1) is 18.3. The first-order chi connectivity index (χ1) is 11.6. The lowest BCUT2D eigenvalue weighted by Gasteiger charge is -2.18. The molecule has 0 bridgehead atoms. The highest BCUT2D eigenvalue weighted by molar-refractivity contribution is 9.10. The van der Waals surface area contributed by atoms with E-state index in [-0.39, 0.29) is 18.4 Å². The number of carbonyl (C=O) groups is 1. The second kappa shape index (κ2) is 8.73. The largest absolute Gasteiger partial charge is 0.497 e. The van der Waals surface area contributed by atoms with Gasteiger partial charge < -0.3 is 14.8 Å². The molecule has 5 heteroatoms. The fourth-order valence-electron chi connectivity index (χ4n) is 2.55. The first-order valence-corrected chi connectivity index (χ1v) is 8.62. The van der Waals surface area contributed by atoms with Gasteiger partial charge in [0, 0.05) is 10.0 Å². The summed E-state index contributed by atoms with van der Waals surface area (Å²) in [4.78, 5) is 12.5. The Labute approximate surface area is 151 Å². The van der Waals surface area contributed by atoms with E-state index >= 15 is 0 Å². The van der Waals surface area contributed by atoms with Gasteiger partial charge in [0.25, 0.3) is 0 Å². The zero-order valence-corrected chi connectivity index (χ0v) is 15.7. The molecule has 128 valence electrons. The number of carbonyl (C=O) groups excluding carboxylic acids is 1. The van der Waals surface area contributed by atoms with E-state index in [1.54, 1.807) is 14.2 Å². The average Bonchev–Trinajstić information content (AvgIpc) is 2.60. The van der Waals surface area contributed by atoms with Crippen molar-refractivity contribution in [2.75, 3.05) is 14.2 Å². The summed E-state index contributed by atoms with van der Waals surface area (Å²) in [6.45, 7) is 2.05. The molecule has 0 spiro atoms. The molecule has 0 aliphatic heterocycles.